The van der Waals surface area contributed by atoms with Gasteiger partial charge in [-0.05, 0) is 60.7 Å². The first kappa shape index (κ1) is 19.7. The van der Waals surface area contributed by atoms with E-state index in [4.69, 9.17) is 9.47 Å². The highest BCUT2D eigenvalue weighted by Gasteiger charge is 2.21. The summed E-state index contributed by atoms with van der Waals surface area (Å²) in [5.74, 6) is 1.16. The largest absolute Gasteiger partial charge is 0.490 e. The van der Waals surface area contributed by atoms with E-state index >= 15 is 0 Å². The number of ether oxygens (including phenoxy) is 2. The lowest BCUT2D eigenvalue weighted by molar-refractivity contribution is -0.104. The average Bonchev–Trinajstić information content (AvgIpc) is 2.62. The maximum Gasteiger partial charge on any atom is 0.169 e. The summed E-state index contributed by atoms with van der Waals surface area (Å²) in [6.07, 6.45) is 3.99. The fourth-order valence-electron chi connectivity index (χ4n) is 2.92. The minimum Gasteiger partial charge on any atom is -0.490 e. The summed E-state index contributed by atoms with van der Waals surface area (Å²) in [4.78, 5) is 10.9. The molecule has 0 amide bonds. The zero-order chi connectivity index (χ0) is 19.1. The molecule has 0 bridgehead atoms. The number of halogens is 1. The molecular weight excluding hydrogens is 331 g/mol. The van der Waals surface area contributed by atoms with Crippen LogP contribution < -0.4 is 9.47 Å². The highest BCUT2D eigenvalue weighted by atomic mass is 19.1. The Bertz CT molecular complexity index is 777. The van der Waals surface area contributed by atoms with E-state index in [1.807, 2.05) is 19.9 Å². The van der Waals surface area contributed by atoms with Gasteiger partial charge in [0, 0.05) is 5.56 Å². The first-order valence-corrected chi connectivity index (χ1v) is 8.87. The number of aldehydes is 1. The van der Waals surface area contributed by atoms with E-state index in [0.29, 0.717) is 24.7 Å². The molecule has 0 N–H and O–H groups in total. The third-order valence-electron chi connectivity index (χ3n) is 4.00. The van der Waals surface area contributed by atoms with Crippen LogP contribution >= 0.6 is 0 Å². The van der Waals surface area contributed by atoms with Gasteiger partial charge in [-0.15, -0.1) is 0 Å². The summed E-state index contributed by atoms with van der Waals surface area (Å²) >= 11 is 0. The summed E-state index contributed by atoms with van der Waals surface area (Å²) in [5, 5.41) is 0. The quantitative estimate of drug-likeness (QED) is 0.454. The van der Waals surface area contributed by atoms with E-state index in [9.17, 15) is 9.18 Å². The molecule has 0 aliphatic rings. The molecule has 0 radical (unpaired) electrons. The molecule has 0 saturated carbocycles. The summed E-state index contributed by atoms with van der Waals surface area (Å²) in [7, 11) is 0. The normalized spacial score (nSPS) is 11.2. The molecule has 2 aromatic carbocycles. The van der Waals surface area contributed by atoms with Crippen molar-refractivity contribution in [2.24, 2.45) is 0 Å². The predicted octanol–water partition coefficient (Wildman–Crippen LogP) is 5.63. The first-order chi connectivity index (χ1) is 12.5. The van der Waals surface area contributed by atoms with Crippen molar-refractivity contribution in [3.05, 3.63) is 53.4 Å². The zero-order valence-electron chi connectivity index (χ0n) is 15.7. The Morgan fingerprint density at radius 1 is 1.08 bits per heavy atom. The minimum atomic E-state index is -0.304. The molecule has 2 rings (SSSR count). The molecule has 138 valence electrons. The molecular formula is C22H25FO3. The number of rotatable bonds is 8. The monoisotopic (exact) mass is 356 g/mol. The highest BCUT2D eigenvalue weighted by molar-refractivity contribution is 5.87. The molecule has 0 spiro atoms. The van der Waals surface area contributed by atoms with Crippen LogP contribution in [0, 0.1) is 5.82 Å². The smallest absolute Gasteiger partial charge is 0.169 e. The fourth-order valence-corrected chi connectivity index (χ4v) is 2.92. The fraction of sp³-hybridized carbons (Fsp3) is 0.318. The van der Waals surface area contributed by atoms with E-state index < -0.39 is 0 Å². The SMILES string of the molecule is CCOc1cc(C(C)C)c(/C=C/C=O)c(-c2ccc(F)cc2)c1OCC. The molecule has 3 nitrogen and oxygen atoms in total. The lowest BCUT2D eigenvalue weighted by atomic mass is 9.88. The van der Waals surface area contributed by atoms with E-state index in [-0.39, 0.29) is 11.7 Å². The summed E-state index contributed by atoms with van der Waals surface area (Å²) < 4.78 is 25.2. The lowest BCUT2D eigenvalue weighted by Gasteiger charge is -2.22. The van der Waals surface area contributed by atoms with E-state index in [1.165, 1.54) is 18.2 Å². The predicted molar refractivity (Wildman–Crippen MR) is 103 cm³/mol. The van der Waals surface area contributed by atoms with Gasteiger partial charge >= 0.3 is 0 Å². The molecule has 0 fully saturated rings. The average molecular weight is 356 g/mol. The van der Waals surface area contributed by atoms with Gasteiger partial charge in [0.1, 0.15) is 12.1 Å². The van der Waals surface area contributed by atoms with E-state index in [1.54, 1.807) is 18.2 Å². The molecule has 0 atom stereocenters. The Morgan fingerprint density at radius 3 is 2.27 bits per heavy atom. The van der Waals surface area contributed by atoms with Crippen LogP contribution in [0.4, 0.5) is 4.39 Å². The highest BCUT2D eigenvalue weighted by Crippen LogP contribution is 2.45. The van der Waals surface area contributed by atoms with Crippen LogP contribution in [-0.4, -0.2) is 19.5 Å². The molecule has 26 heavy (non-hydrogen) atoms. The molecule has 0 unspecified atom stereocenters. The molecule has 0 heterocycles. The van der Waals surface area contributed by atoms with Crippen LogP contribution in [0.3, 0.4) is 0 Å². The number of carbonyl (C=O) groups excluding carboxylic acids is 1. The molecule has 0 aliphatic carbocycles. The topological polar surface area (TPSA) is 35.5 Å². The van der Waals surface area contributed by atoms with Gasteiger partial charge in [-0.3, -0.25) is 4.79 Å². The van der Waals surface area contributed by atoms with Gasteiger partial charge in [0.05, 0.1) is 13.2 Å². The Balaban J connectivity index is 2.89. The second-order valence-corrected chi connectivity index (χ2v) is 6.10. The number of allylic oxidation sites excluding steroid dienone is 1. The van der Waals surface area contributed by atoms with Crippen LogP contribution in [0.25, 0.3) is 17.2 Å². The van der Waals surface area contributed by atoms with Gasteiger partial charge in [0.2, 0.25) is 0 Å². The summed E-state index contributed by atoms with van der Waals surface area (Å²) in [6.45, 7) is 8.95. The van der Waals surface area contributed by atoms with E-state index in [2.05, 4.69) is 13.8 Å². The van der Waals surface area contributed by atoms with E-state index in [0.717, 1.165) is 28.5 Å². The molecule has 4 heteroatoms. The standard InChI is InChI=1S/C22H25FO3/c1-5-25-20-14-19(15(3)4)18(8-7-13-24)21(22(20)26-6-2)16-9-11-17(23)12-10-16/h7-15H,5-6H2,1-4H3/b8-7+. The van der Waals surface area contributed by atoms with Gasteiger partial charge in [0.15, 0.2) is 11.5 Å². The van der Waals surface area contributed by atoms with Gasteiger partial charge in [-0.2, -0.15) is 0 Å². The number of hydrogen-bond donors (Lipinski definition) is 0. The van der Waals surface area contributed by atoms with Gasteiger partial charge in [0.25, 0.3) is 0 Å². The van der Waals surface area contributed by atoms with Crippen molar-refractivity contribution in [1.29, 1.82) is 0 Å². The molecule has 0 aliphatic heterocycles. The van der Waals surface area contributed by atoms with Crippen molar-refractivity contribution in [3.63, 3.8) is 0 Å². The van der Waals surface area contributed by atoms with Crippen molar-refractivity contribution < 1.29 is 18.7 Å². The number of carbonyl (C=O) groups is 1. The van der Waals surface area contributed by atoms with Crippen molar-refractivity contribution in [1.82, 2.24) is 0 Å². The maximum atomic E-state index is 13.4. The minimum absolute atomic E-state index is 0.204. The summed E-state index contributed by atoms with van der Waals surface area (Å²) in [6, 6.07) is 8.23. The summed E-state index contributed by atoms with van der Waals surface area (Å²) in [5.41, 5.74) is 3.53. The van der Waals surface area contributed by atoms with Gasteiger partial charge < -0.3 is 9.47 Å². The zero-order valence-corrected chi connectivity index (χ0v) is 15.7. The second kappa shape index (κ2) is 9.18. The Hall–Kier alpha value is -2.62. The number of benzene rings is 2. The Labute approximate surface area is 154 Å². The molecule has 0 aromatic heterocycles. The lowest BCUT2D eigenvalue weighted by Crippen LogP contribution is -2.05. The van der Waals surface area contributed by atoms with Crippen LogP contribution in [0.2, 0.25) is 0 Å². The van der Waals surface area contributed by atoms with Crippen LogP contribution in [-0.2, 0) is 4.79 Å². The van der Waals surface area contributed by atoms with Crippen molar-refractivity contribution >= 4 is 12.4 Å². The van der Waals surface area contributed by atoms with Crippen molar-refractivity contribution in [3.8, 4) is 22.6 Å². The van der Waals surface area contributed by atoms with Crippen LogP contribution in [0.15, 0.2) is 36.4 Å². The Kier molecular flexibility index (Phi) is 6.96. The second-order valence-electron chi connectivity index (χ2n) is 6.10. The third-order valence-corrected chi connectivity index (χ3v) is 4.00. The van der Waals surface area contributed by atoms with Crippen LogP contribution in [0.5, 0.6) is 11.5 Å². The third kappa shape index (κ3) is 4.31. The van der Waals surface area contributed by atoms with Gasteiger partial charge in [-0.1, -0.05) is 32.1 Å². The van der Waals surface area contributed by atoms with Crippen molar-refractivity contribution in [2.75, 3.05) is 13.2 Å². The number of hydrogen-bond acceptors (Lipinski definition) is 3. The van der Waals surface area contributed by atoms with Crippen molar-refractivity contribution in [2.45, 2.75) is 33.6 Å². The Morgan fingerprint density at radius 2 is 1.73 bits per heavy atom. The maximum absolute atomic E-state index is 13.4. The van der Waals surface area contributed by atoms with Gasteiger partial charge in [-0.25, -0.2) is 4.39 Å². The molecule has 2 aromatic rings. The van der Waals surface area contributed by atoms with Crippen LogP contribution in [0.1, 0.15) is 44.7 Å². The molecule has 0 saturated heterocycles. The first-order valence-electron chi connectivity index (χ1n) is 8.87.